The molecule has 2 fully saturated rings. The van der Waals surface area contributed by atoms with Gasteiger partial charge in [-0.3, -0.25) is 0 Å². The van der Waals surface area contributed by atoms with Crippen LogP contribution >= 0.6 is 0 Å². The quantitative estimate of drug-likeness (QED) is 0.587. The summed E-state index contributed by atoms with van der Waals surface area (Å²) in [5, 5.41) is 23.2. The number of phenols is 1. The van der Waals surface area contributed by atoms with Crippen LogP contribution < -0.4 is 15.0 Å². The predicted octanol–water partition coefficient (Wildman–Crippen LogP) is 3.28. The summed E-state index contributed by atoms with van der Waals surface area (Å²) in [6.07, 6.45) is 5.26. The van der Waals surface area contributed by atoms with E-state index in [1.165, 1.54) is 19.2 Å². The van der Waals surface area contributed by atoms with E-state index in [4.69, 9.17) is 4.74 Å². The summed E-state index contributed by atoms with van der Waals surface area (Å²) in [5.74, 6) is 2.34. The Morgan fingerprint density at radius 3 is 2.72 bits per heavy atom. The standard InChI is InChI=1S/C24H28N6O2/c1-24(27-13-16-3-4-16)9-10-30(14-24)22-8-7-19(28-29-22)18-6-5-17(11-21(18)31)20-12-23(32-2)26-15-25-20/h5-8,11-12,15-16,27,31H,3-4,9-10,13-14H2,1-2H3/t24-/m1/s1. The molecule has 5 rings (SSSR count). The van der Waals surface area contributed by atoms with Crippen molar-refractivity contribution in [3.8, 4) is 34.1 Å². The minimum atomic E-state index is 0.125. The van der Waals surface area contributed by atoms with Gasteiger partial charge in [0.25, 0.3) is 0 Å². The smallest absolute Gasteiger partial charge is 0.216 e. The summed E-state index contributed by atoms with van der Waals surface area (Å²) in [5.41, 5.74) is 2.83. The van der Waals surface area contributed by atoms with Crippen molar-refractivity contribution in [1.29, 1.82) is 0 Å². The molecule has 2 aromatic heterocycles. The monoisotopic (exact) mass is 432 g/mol. The second-order valence-corrected chi connectivity index (χ2v) is 9.01. The molecule has 1 atom stereocenters. The Morgan fingerprint density at radius 2 is 2.00 bits per heavy atom. The Morgan fingerprint density at radius 1 is 1.12 bits per heavy atom. The molecule has 3 aromatic rings. The topological polar surface area (TPSA) is 96.3 Å². The third kappa shape index (κ3) is 4.36. The highest BCUT2D eigenvalue weighted by atomic mass is 16.5. The van der Waals surface area contributed by atoms with E-state index in [2.05, 4.69) is 37.3 Å². The van der Waals surface area contributed by atoms with Gasteiger partial charge in [-0.25, -0.2) is 9.97 Å². The Kier molecular flexibility index (Phi) is 5.38. The van der Waals surface area contributed by atoms with Gasteiger partial charge in [0, 0.05) is 35.8 Å². The van der Waals surface area contributed by atoms with Gasteiger partial charge in [-0.1, -0.05) is 6.07 Å². The van der Waals surface area contributed by atoms with Crippen LogP contribution in [-0.4, -0.2) is 57.6 Å². The first kappa shape index (κ1) is 20.6. The second kappa shape index (κ2) is 8.35. The summed E-state index contributed by atoms with van der Waals surface area (Å²) in [6, 6.07) is 11.0. The van der Waals surface area contributed by atoms with E-state index in [0.29, 0.717) is 22.8 Å². The van der Waals surface area contributed by atoms with Crippen LogP contribution in [0.5, 0.6) is 11.6 Å². The van der Waals surface area contributed by atoms with Crippen molar-refractivity contribution in [3.63, 3.8) is 0 Å². The van der Waals surface area contributed by atoms with E-state index in [1.54, 1.807) is 19.2 Å². The molecule has 1 saturated heterocycles. The van der Waals surface area contributed by atoms with Gasteiger partial charge in [0.1, 0.15) is 12.1 Å². The van der Waals surface area contributed by atoms with Gasteiger partial charge in [-0.05, 0) is 62.9 Å². The molecule has 0 radical (unpaired) electrons. The highest BCUT2D eigenvalue weighted by molar-refractivity contribution is 5.73. The van der Waals surface area contributed by atoms with Crippen LogP contribution in [0.3, 0.4) is 0 Å². The van der Waals surface area contributed by atoms with Crippen LogP contribution in [0.15, 0.2) is 42.7 Å². The molecule has 0 amide bonds. The van der Waals surface area contributed by atoms with Gasteiger partial charge in [0.15, 0.2) is 5.82 Å². The maximum atomic E-state index is 10.6. The summed E-state index contributed by atoms with van der Waals surface area (Å²) < 4.78 is 5.15. The lowest BCUT2D eigenvalue weighted by atomic mass is 10.0. The molecule has 166 valence electrons. The van der Waals surface area contributed by atoms with Crippen molar-refractivity contribution >= 4 is 5.82 Å². The van der Waals surface area contributed by atoms with Crippen molar-refractivity contribution in [2.24, 2.45) is 5.92 Å². The molecule has 1 aliphatic carbocycles. The number of aromatic nitrogens is 4. The SMILES string of the molecule is COc1cc(-c2ccc(-c3ccc(N4CC[C@@](C)(NCC5CC5)C4)nn3)c(O)c2)ncn1. The van der Waals surface area contributed by atoms with Crippen LogP contribution in [0.2, 0.25) is 0 Å². The van der Waals surface area contributed by atoms with Gasteiger partial charge in [0.05, 0.1) is 18.5 Å². The van der Waals surface area contributed by atoms with Gasteiger partial charge < -0.3 is 20.1 Å². The van der Waals surface area contributed by atoms with E-state index in [1.807, 2.05) is 24.3 Å². The van der Waals surface area contributed by atoms with E-state index < -0.39 is 0 Å². The van der Waals surface area contributed by atoms with Crippen molar-refractivity contribution < 1.29 is 9.84 Å². The van der Waals surface area contributed by atoms with Crippen LogP contribution in [0.4, 0.5) is 5.82 Å². The molecule has 32 heavy (non-hydrogen) atoms. The number of nitrogens with zero attached hydrogens (tertiary/aromatic N) is 5. The molecule has 1 saturated carbocycles. The Bertz CT molecular complexity index is 1100. The zero-order valence-electron chi connectivity index (χ0n) is 18.5. The average molecular weight is 433 g/mol. The summed E-state index contributed by atoms with van der Waals surface area (Å²) in [7, 11) is 1.56. The number of anilines is 1. The fraction of sp³-hybridized carbons (Fsp3) is 0.417. The maximum Gasteiger partial charge on any atom is 0.216 e. The number of nitrogens with one attached hydrogen (secondary N) is 1. The molecule has 0 bridgehead atoms. The normalized spacial score (nSPS) is 20.5. The first-order valence-corrected chi connectivity index (χ1v) is 11.1. The van der Waals surface area contributed by atoms with Gasteiger partial charge >= 0.3 is 0 Å². The lowest BCUT2D eigenvalue weighted by molar-refractivity contribution is 0.383. The fourth-order valence-corrected chi connectivity index (χ4v) is 4.17. The molecule has 3 heterocycles. The maximum absolute atomic E-state index is 10.6. The minimum Gasteiger partial charge on any atom is -0.507 e. The van der Waals surface area contributed by atoms with Crippen molar-refractivity contribution in [3.05, 3.63) is 42.7 Å². The third-order valence-corrected chi connectivity index (χ3v) is 6.38. The van der Waals surface area contributed by atoms with Crippen LogP contribution in [0.25, 0.3) is 22.5 Å². The van der Waals surface area contributed by atoms with Gasteiger partial charge in [0.2, 0.25) is 5.88 Å². The number of benzene rings is 1. The first-order valence-electron chi connectivity index (χ1n) is 11.1. The zero-order chi connectivity index (χ0) is 22.1. The Balaban J connectivity index is 1.29. The van der Waals surface area contributed by atoms with Crippen molar-refractivity contribution in [2.75, 3.05) is 31.6 Å². The highest BCUT2D eigenvalue weighted by Crippen LogP contribution is 2.34. The number of hydrogen-bond acceptors (Lipinski definition) is 8. The summed E-state index contributed by atoms with van der Waals surface area (Å²) in [4.78, 5) is 10.6. The number of phenolic OH excluding ortho intramolecular Hbond substituents is 1. The van der Waals surface area contributed by atoms with E-state index in [0.717, 1.165) is 43.4 Å². The molecule has 1 aromatic carbocycles. The van der Waals surface area contributed by atoms with Crippen LogP contribution in [-0.2, 0) is 0 Å². The molecule has 2 aliphatic rings. The minimum absolute atomic E-state index is 0.125. The average Bonchev–Trinajstić information content (AvgIpc) is 3.58. The number of ether oxygens (including phenoxy) is 1. The molecule has 2 N–H and O–H groups in total. The van der Waals surface area contributed by atoms with Crippen molar-refractivity contribution in [2.45, 2.75) is 31.7 Å². The Labute approximate surface area is 187 Å². The second-order valence-electron chi connectivity index (χ2n) is 9.01. The molecular formula is C24H28N6O2. The number of rotatable bonds is 7. The van der Waals surface area contributed by atoms with E-state index >= 15 is 0 Å². The molecular weight excluding hydrogens is 404 g/mol. The number of hydrogen-bond donors (Lipinski definition) is 2. The molecule has 1 aliphatic heterocycles. The zero-order valence-corrected chi connectivity index (χ0v) is 18.5. The summed E-state index contributed by atoms with van der Waals surface area (Å²) >= 11 is 0. The first-order chi connectivity index (χ1) is 15.5. The van der Waals surface area contributed by atoms with Gasteiger partial charge in [-0.2, -0.15) is 0 Å². The lowest BCUT2D eigenvalue weighted by Gasteiger charge is -2.26. The number of aromatic hydroxyl groups is 1. The molecule has 8 heteroatoms. The lowest BCUT2D eigenvalue weighted by Crippen LogP contribution is -2.45. The Hall–Kier alpha value is -3.26. The van der Waals surface area contributed by atoms with Gasteiger partial charge in [-0.15, -0.1) is 10.2 Å². The predicted molar refractivity (Wildman–Crippen MR) is 123 cm³/mol. The molecule has 8 nitrogen and oxygen atoms in total. The third-order valence-electron chi connectivity index (χ3n) is 6.38. The molecule has 0 spiro atoms. The van der Waals surface area contributed by atoms with Crippen LogP contribution in [0.1, 0.15) is 26.2 Å². The number of methoxy groups -OCH3 is 1. The fourth-order valence-electron chi connectivity index (χ4n) is 4.17. The van der Waals surface area contributed by atoms with Crippen molar-refractivity contribution in [1.82, 2.24) is 25.5 Å². The molecule has 0 unspecified atom stereocenters. The van der Waals surface area contributed by atoms with Crippen LogP contribution in [0, 0.1) is 5.92 Å². The van der Waals surface area contributed by atoms with E-state index in [-0.39, 0.29) is 11.3 Å². The summed E-state index contributed by atoms with van der Waals surface area (Å²) in [6.45, 7) is 5.30. The largest absolute Gasteiger partial charge is 0.507 e. The highest BCUT2D eigenvalue weighted by Gasteiger charge is 2.35. The van der Waals surface area contributed by atoms with E-state index in [9.17, 15) is 5.11 Å².